The number of non-ortho nitro benzene ring substituents is 2. The molecule has 164 valence electrons. The number of unbranched alkanes of at least 4 members (excludes halogenated alkanes) is 4. The van der Waals surface area contributed by atoms with E-state index in [-0.39, 0.29) is 35.7 Å². The quantitative estimate of drug-likeness (QED) is 0.208. The lowest BCUT2D eigenvalue weighted by Crippen LogP contribution is -2.07. The molecule has 0 N–H and O–H groups in total. The van der Waals surface area contributed by atoms with Crippen molar-refractivity contribution in [3.8, 4) is 0 Å². The molecule has 0 fully saturated rings. The zero-order valence-electron chi connectivity index (χ0n) is 16.7. The lowest BCUT2D eigenvalue weighted by molar-refractivity contribution is -0.385. The van der Waals surface area contributed by atoms with Crippen LogP contribution in [0.25, 0.3) is 0 Å². The number of hydrogen-bond donors (Lipinski definition) is 0. The number of nitro benzene ring substituents is 2. The van der Waals surface area contributed by atoms with Gasteiger partial charge in [-0.15, -0.1) is 0 Å². The Morgan fingerprint density at radius 1 is 0.677 bits per heavy atom. The van der Waals surface area contributed by atoms with Crippen LogP contribution in [0.15, 0.2) is 48.5 Å². The van der Waals surface area contributed by atoms with Crippen molar-refractivity contribution in [3.63, 3.8) is 0 Å². The molecule has 0 radical (unpaired) electrons. The van der Waals surface area contributed by atoms with E-state index in [1.165, 1.54) is 48.5 Å². The molecule has 0 aliphatic heterocycles. The Kier molecular flexibility index (Phi) is 9.09. The van der Waals surface area contributed by atoms with Gasteiger partial charge in [-0.1, -0.05) is 31.4 Å². The van der Waals surface area contributed by atoms with Crippen LogP contribution in [0.5, 0.6) is 0 Å². The van der Waals surface area contributed by atoms with Crippen LogP contribution in [0.3, 0.4) is 0 Å². The Balaban J connectivity index is 1.56. The average molecular weight is 430 g/mol. The maximum absolute atomic E-state index is 11.9. The minimum atomic E-state index is -0.600. The first kappa shape index (κ1) is 23.5. The van der Waals surface area contributed by atoms with Gasteiger partial charge in [-0.05, 0) is 25.0 Å². The predicted octanol–water partition coefficient (Wildman–Crippen LogP) is 4.47. The molecule has 0 heterocycles. The topological polar surface area (TPSA) is 139 Å². The van der Waals surface area contributed by atoms with E-state index in [4.69, 9.17) is 9.47 Å². The number of nitro groups is 2. The second-order valence-corrected chi connectivity index (χ2v) is 6.65. The molecular weight excluding hydrogens is 408 g/mol. The zero-order valence-corrected chi connectivity index (χ0v) is 16.7. The van der Waals surface area contributed by atoms with E-state index in [0.29, 0.717) is 12.8 Å². The third-order valence-corrected chi connectivity index (χ3v) is 4.34. The van der Waals surface area contributed by atoms with Gasteiger partial charge in [0, 0.05) is 24.3 Å². The van der Waals surface area contributed by atoms with Crippen LogP contribution < -0.4 is 0 Å². The molecule has 0 bridgehead atoms. The summed E-state index contributed by atoms with van der Waals surface area (Å²) in [6, 6.07) is 10.7. The molecule has 2 rings (SSSR count). The van der Waals surface area contributed by atoms with Gasteiger partial charge in [0.2, 0.25) is 0 Å². The summed E-state index contributed by atoms with van der Waals surface area (Å²) < 4.78 is 10.2. The molecule has 0 aliphatic rings. The highest BCUT2D eigenvalue weighted by atomic mass is 16.6. The van der Waals surface area contributed by atoms with Crippen LogP contribution in [-0.4, -0.2) is 35.0 Å². The molecule has 31 heavy (non-hydrogen) atoms. The third-order valence-electron chi connectivity index (χ3n) is 4.34. The fraction of sp³-hybridized carbons (Fsp3) is 0.333. The van der Waals surface area contributed by atoms with Crippen molar-refractivity contribution in [2.75, 3.05) is 13.2 Å². The Hall–Kier alpha value is -3.82. The zero-order chi connectivity index (χ0) is 22.6. The Morgan fingerprint density at radius 3 is 1.45 bits per heavy atom. The van der Waals surface area contributed by atoms with E-state index in [9.17, 15) is 29.8 Å². The summed E-state index contributed by atoms with van der Waals surface area (Å²) in [4.78, 5) is 44.1. The maximum atomic E-state index is 11.9. The highest BCUT2D eigenvalue weighted by molar-refractivity contribution is 5.90. The fourth-order valence-corrected chi connectivity index (χ4v) is 2.72. The molecule has 2 aromatic rings. The summed E-state index contributed by atoms with van der Waals surface area (Å²) in [5.74, 6) is -1.20. The van der Waals surface area contributed by atoms with Crippen molar-refractivity contribution in [1.29, 1.82) is 0 Å². The summed E-state index contributed by atoms with van der Waals surface area (Å²) in [7, 11) is 0. The van der Waals surface area contributed by atoms with E-state index >= 15 is 0 Å². The minimum Gasteiger partial charge on any atom is -0.462 e. The normalized spacial score (nSPS) is 10.3. The van der Waals surface area contributed by atoms with Crippen LogP contribution in [0.1, 0.15) is 52.8 Å². The number of benzene rings is 2. The second-order valence-electron chi connectivity index (χ2n) is 6.65. The average Bonchev–Trinajstić information content (AvgIpc) is 2.77. The number of hydrogen-bond acceptors (Lipinski definition) is 8. The minimum absolute atomic E-state index is 0.139. The standard InChI is InChI=1S/C21H22N2O8/c24-20(16-8-6-10-18(14-16)22(26)27)30-12-4-2-1-3-5-13-31-21(25)17-9-7-11-19(15-17)23(28)29/h6-11,14-15H,1-5,12-13H2. The summed E-state index contributed by atoms with van der Waals surface area (Å²) >= 11 is 0. The molecule has 0 spiro atoms. The van der Waals surface area contributed by atoms with Gasteiger partial charge in [-0.3, -0.25) is 20.2 Å². The largest absolute Gasteiger partial charge is 0.462 e. The second kappa shape index (κ2) is 12.0. The Bertz CT molecular complexity index is 869. The van der Waals surface area contributed by atoms with Crippen LogP contribution in [0.4, 0.5) is 11.4 Å². The van der Waals surface area contributed by atoms with Crippen molar-refractivity contribution in [2.24, 2.45) is 0 Å². The SMILES string of the molecule is O=C(OCCCCCCCOC(=O)c1cccc([N+](=O)[O-])c1)c1cccc([N+](=O)[O-])c1. The van der Waals surface area contributed by atoms with E-state index < -0.39 is 21.8 Å². The van der Waals surface area contributed by atoms with Crippen molar-refractivity contribution in [3.05, 3.63) is 79.9 Å². The Morgan fingerprint density at radius 2 is 1.06 bits per heavy atom. The first-order valence-electron chi connectivity index (χ1n) is 9.71. The van der Waals surface area contributed by atoms with E-state index in [1.807, 2.05) is 0 Å². The molecule has 0 saturated heterocycles. The number of esters is 2. The van der Waals surface area contributed by atoms with Crippen LogP contribution in [0.2, 0.25) is 0 Å². The van der Waals surface area contributed by atoms with Crippen LogP contribution >= 0.6 is 0 Å². The highest BCUT2D eigenvalue weighted by Crippen LogP contribution is 2.15. The highest BCUT2D eigenvalue weighted by Gasteiger charge is 2.13. The fourth-order valence-electron chi connectivity index (χ4n) is 2.72. The van der Waals surface area contributed by atoms with Crippen LogP contribution in [0, 0.1) is 20.2 Å². The smallest absolute Gasteiger partial charge is 0.338 e. The van der Waals surface area contributed by atoms with Crippen molar-refractivity contribution >= 4 is 23.3 Å². The third kappa shape index (κ3) is 7.84. The summed E-state index contributed by atoms with van der Waals surface area (Å²) in [6.45, 7) is 0.423. The van der Waals surface area contributed by atoms with Crippen LogP contribution in [-0.2, 0) is 9.47 Å². The first-order valence-corrected chi connectivity index (χ1v) is 9.71. The van der Waals surface area contributed by atoms with Gasteiger partial charge < -0.3 is 9.47 Å². The summed E-state index contributed by atoms with van der Waals surface area (Å²) in [6.07, 6.45) is 3.76. The maximum Gasteiger partial charge on any atom is 0.338 e. The van der Waals surface area contributed by atoms with Gasteiger partial charge in [0.15, 0.2) is 0 Å². The van der Waals surface area contributed by atoms with E-state index in [1.54, 1.807) is 0 Å². The lowest BCUT2D eigenvalue weighted by atomic mass is 10.1. The van der Waals surface area contributed by atoms with Gasteiger partial charge >= 0.3 is 11.9 Å². The van der Waals surface area contributed by atoms with Gasteiger partial charge in [-0.2, -0.15) is 0 Å². The van der Waals surface area contributed by atoms with Gasteiger partial charge in [0.1, 0.15) is 0 Å². The van der Waals surface area contributed by atoms with Gasteiger partial charge in [0.25, 0.3) is 11.4 Å². The molecule has 10 heteroatoms. The molecule has 2 aromatic carbocycles. The molecule has 0 saturated carbocycles. The van der Waals surface area contributed by atoms with E-state index in [2.05, 4.69) is 0 Å². The molecular formula is C21H22N2O8. The first-order chi connectivity index (χ1) is 14.9. The summed E-state index contributed by atoms with van der Waals surface area (Å²) in [5.41, 5.74) is -0.0548. The number of nitrogens with zero attached hydrogens (tertiary/aromatic N) is 2. The summed E-state index contributed by atoms with van der Waals surface area (Å²) in [5, 5.41) is 21.5. The number of carbonyl (C=O) groups excluding carboxylic acids is 2. The van der Waals surface area contributed by atoms with Gasteiger partial charge in [0.05, 0.1) is 34.2 Å². The molecule has 0 amide bonds. The van der Waals surface area contributed by atoms with Crippen molar-refractivity contribution < 1.29 is 28.9 Å². The van der Waals surface area contributed by atoms with Crippen molar-refractivity contribution in [2.45, 2.75) is 32.1 Å². The lowest BCUT2D eigenvalue weighted by Gasteiger charge is -2.06. The van der Waals surface area contributed by atoms with Gasteiger partial charge in [-0.25, -0.2) is 9.59 Å². The molecule has 0 aliphatic carbocycles. The van der Waals surface area contributed by atoms with Crippen molar-refractivity contribution in [1.82, 2.24) is 0 Å². The van der Waals surface area contributed by atoms with E-state index in [0.717, 1.165) is 19.3 Å². The molecule has 0 unspecified atom stereocenters. The number of rotatable bonds is 12. The molecule has 0 atom stereocenters. The molecule has 0 aromatic heterocycles. The number of ether oxygens (including phenoxy) is 2. The predicted molar refractivity (Wildman–Crippen MR) is 110 cm³/mol. The number of carbonyl (C=O) groups is 2. The Labute approximate surface area is 178 Å². The molecule has 10 nitrogen and oxygen atoms in total. The monoisotopic (exact) mass is 430 g/mol.